The predicted octanol–water partition coefficient (Wildman–Crippen LogP) is 2.35. The van der Waals surface area contributed by atoms with Crippen LogP contribution in [0.1, 0.15) is 11.3 Å². The second kappa shape index (κ2) is 6.94. The van der Waals surface area contributed by atoms with Crippen LogP contribution in [-0.2, 0) is 11.3 Å². The van der Waals surface area contributed by atoms with Crippen molar-refractivity contribution in [2.45, 2.75) is 13.5 Å². The van der Waals surface area contributed by atoms with Gasteiger partial charge in [-0.2, -0.15) is 5.10 Å². The fourth-order valence-electron chi connectivity index (χ4n) is 2.15. The van der Waals surface area contributed by atoms with Crippen LogP contribution in [0.5, 0.6) is 0 Å². The Morgan fingerprint density at radius 2 is 1.86 bits per heavy atom. The molecule has 0 unspecified atom stereocenters. The molecule has 1 amide bonds. The lowest BCUT2D eigenvalue weighted by Gasteiger charge is -2.18. The van der Waals surface area contributed by atoms with Gasteiger partial charge in [0, 0.05) is 26.2 Å². The van der Waals surface area contributed by atoms with Gasteiger partial charge in [0.2, 0.25) is 5.91 Å². The standard InChI is InChI=1S/C16H21ClN4O/c1-12-14(10-20(4)11-15(22)19(2)3)16(17)21(18-12)13-8-6-5-7-9-13/h5-9H,10-11H2,1-4H3. The molecule has 0 saturated carbocycles. The number of halogens is 1. The van der Waals surface area contributed by atoms with E-state index in [2.05, 4.69) is 5.10 Å². The van der Waals surface area contributed by atoms with Crippen LogP contribution in [0.2, 0.25) is 5.15 Å². The summed E-state index contributed by atoms with van der Waals surface area (Å²) in [5, 5.41) is 5.10. The summed E-state index contributed by atoms with van der Waals surface area (Å²) < 4.78 is 1.73. The van der Waals surface area contributed by atoms with Crippen LogP contribution >= 0.6 is 11.6 Å². The molecule has 0 aliphatic carbocycles. The zero-order valence-electron chi connectivity index (χ0n) is 13.4. The quantitative estimate of drug-likeness (QED) is 0.849. The number of rotatable bonds is 5. The first-order valence-electron chi connectivity index (χ1n) is 7.08. The molecule has 6 heteroatoms. The summed E-state index contributed by atoms with van der Waals surface area (Å²) in [6, 6.07) is 9.77. The number of likely N-dealkylation sites (N-methyl/N-ethyl adjacent to an activating group) is 2. The van der Waals surface area contributed by atoms with Gasteiger partial charge in [-0.1, -0.05) is 29.8 Å². The fourth-order valence-corrected chi connectivity index (χ4v) is 2.48. The molecule has 0 N–H and O–H groups in total. The van der Waals surface area contributed by atoms with Crippen LogP contribution in [0.4, 0.5) is 0 Å². The molecule has 22 heavy (non-hydrogen) atoms. The molecule has 5 nitrogen and oxygen atoms in total. The highest BCUT2D eigenvalue weighted by Gasteiger charge is 2.17. The summed E-state index contributed by atoms with van der Waals surface area (Å²) in [7, 11) is 5.40. The average molecular weight is 321 g/mol. The van der Waals surface area contributed by atoms with Gasteiger partial charge in [-0.15, -0.1) is 0 Å². The lowest BCUT2D eigenvalue weighted by Crippen LogP contribution is -2.34. The van der Waals surface area contributed by atoms with Gasteiger partial charge in [0.25, 0.3) is 0 Å². The second-order valence-corrected chi connectivity index (χ2v) is 5.92. The Bertz CT molecular complexity index is 652. The van der Waals surface area contributed by atoms with Crippen LogP contribution in [0.15, 0.2) is 30.3 Å². The van der Waals surface area contributed by atoms with E-state index in [4.69, 9.17) is 11.6 Å². The molecule has 0 aliphatic heterocycles. The first kappa shape index (κ1) is 16.5. The molecule has 2 rings (SSSR count). The van der Waals surface area contributed by atoms with Crippen molar-refractivity contribution in [1.29, 1.82) is 0 Å². The number of carbonyl (C=O) groups is 1. The van der Waals surface area contributed by atoms with Crippen molar-refractivity contribution in [2.75, 3.05) is 27.7 Å². The van der Waals surface area contributed by atoms with Crippen LogP contribution in [0, 0.1) is 6.92 Å². The van der Waals surface area contributed by atoms with E-state index >= 15 is 0 Å². The van der Waals surface area contributed by atoms with Crippen molar-refractivity contribution in [3.8, 4) is 5.69 Å². The molecule has 1 heterocycles. The summed E-state index contributed by atoms with van der Waals surface area (Å²) in [5.41, 5.74) is 2.74. The lowest BCUT2D eigenvalue weighted by atomic mass is 10.2. The van der Waals surface area contributed by atoms with E-state index in [1.165, 1.54) is 0 Å². The summed E-state index contributed by atoms with van der Waals surface area (Å²) in [6.45, 7) is 2.86. The number of amides is 1. The zero-order valence-corrected chi connectivity index (χ0v) is 14.1. The van der Waals surface area contributed by atoms with Crippen LogP contribution in [-0.4, -0.2) is 53.2 Å². The van der Waals surface area contributed by atoms with Crippen molar-refractivity contribution in [3.05, 3.63) is 46.7 Å². The highest BCUT2D eigenvalue weighted by Crippen LogP contribution is 2.24. The minimum Gasteiger partial charge on any atom is -0.348 e. The Kier molecular flexibility index (Phi) is 5.21. The molecule has 0 aliphatic rings. The number of aryl methyl sites for hydroxylation is 1. The lowest BCUT2D eigenvalue weighted by molar-refractivity contribution is -0.129. The third kappa shape index (κ3) is 3.67. The molecule has 2 aromatic rings. The van der Waals surface area contributed by atoms with E-state index in [1.807, 2.05) is 49.2 Å². The molecular weight excluding hydrogens is 300 g/mol. The Balaban J connectivity index is 2.19. The number of nitrogens with zero attached hydrogens (tertiary/aromatic N) is 4. The molecule has 118 valence electrons. The first-order chi connectivity index (χ1) is 10.4. The Morgan fingerprint density at radius 3 is 2.45 bits per heavy atom. The highest BCUT2D eigenvalue weighted by molar-refractivity contribution is 6.30. The van der Waals surface area contributed by atoms with E-state index in [1.54, 1.807) is 23.7 Å². The maximum absolute atomic E-state index is 11.8. The van der Waals surface area contributed by atoms with Crippen molar-refractivity contribution in [2.24, 2.45) is 0 Å². The van der Waals surface area contributed by atoms with E-state index < -0.39 is 0 Å². The van der Waals surface area contributed by atoms with Crippen molar-refractivity contribution in [1.82, 2.24) is 19.6 Å². The number of carbonyl (C=O) groups excluding carboxylic acids is 1. The molecule has 0 bridgehead atoms. The van der Waals surface area contributed by atoms with Crippen LogP contribution in [0.3, 0.4) is 0 Å². The number of hydrogen-bond acceptors (Lipinski definition) is 3. The third-order valence-corrected chi connectivity index (χ3v) is 3.84. The van der Waals surface area contributed by atoms with Crippen molar-refractivity contribution in [3.63, 3.8) is 0 Å². The van der Waals surface area contributed by atoms with Crippen LogP contribution in [0.25, 0.3) is 5.69 Å². The van der Waals surface area contributed by atoms with Gasteiger partial charge in [0.05, 0.1) is 17.9 Å². The number of aromatic nitrogens is 2. The van der Waals surface area contributed by atoms with Gasteiger partial charge >= 0.3 is 0 Å². The molecule has 0 radical (unpaired) electrons. The molecule has 0 fully saturated rings. The van der Waals surface area contributed by atoms with E-state index in [-0.39, 0.29) is 5.91 Å². The Labute approximate surface area is 136 Å². The molecular formula is C16H21ClN4O. The summed E-state index contributed by atoms with van der Waals surface area (Å²) in [4.78, 5) is 15.3. The first-order valence-corrected chi connectivity index (χ1v) is 7.46. The SMILES string of the molecule is Cc1nn(-c2ccccc2)c(Cl)c1CN(C)CC(=O)N(C)C. The normalized spacial score (nSPS) is 11.0. The number of para-hydroxylation sites is 1. The molecule has 1 aromatic heterocycles. The molecule has 0 saturated heterocycles. The summed E-state index contributed by atoms with van der Waals surface area (Å²) in [5.74, 6) is 0.0618. The maximum Gasteiger partial charge on any atom is 0.236 e. The second-order valence-electron chi connectivity index (χ2n) is 5.56. The van der Waals surface area contributed by atoms with Crippen molar-refractivity contribution < 1.29 is 4.79 Å². The van der Waals surface area contributed by atoms with Gasteiger partial charge in [-0.05, 0) is 26.1 Å². The summed E-state index contributed by atoms with van der Waals surface area (Å²) in [6.07, 6.45) is 0. The van der Waals surface area contributed by atoms with E-state index in [9.17, 15) is 4.79 Å². The van der Waals surface area contributed by atoms with Gasteiger partial charge in [-0.3, -0.25) is 9.69 Å². The molecule has 0 atom stereocenters. The highest BCUT2D eigenvalue weighted by atomic mass is 35.5. The smallest absolute Gasteiger partial charge is 0.236 e. The third-order valence-electron chi connectivity index (χ3n) is 3.45. The zero-order chi connectivity index (χ0) is 16.3. The molecule has 1 aromatic carbocycles. The molecule has 0 spiro atoms. The monoisotopic (exact) mass is 320 g/mol. The van der Waals surface area contributed by atoms with Gasteiger partial charge in [0.15, 0.2) is 0 Å². The number of benzene rings is 1. The van der Waals surface area contributed by atoms with Crippen molar-refractivity contribution >= 4 is 17.5 Å². The van der Waals surface area contributed by atoms with Crippen LogP contribution < -0.4 is 0 Å². The number of hydrogen-bond donors (Lipinski definition) is 0. The van der Waals surface area contributed by atoms with E-state index in [0.29, 0.717) is 18.2 Å². The van der Waals surface area contributed by atoms with E-state index in [0.717, 1.165) is 16.9 Å². The fraction of sp³-hybridized carbons (Fsp3) is 0.375. The topological polar surface area (TPSA) is 41.4 Å². The Hall–Kier alpha value is -1.85. The minimum atomic E-state index is 0.0618. The van der Waals surface area contributed by atoms with Gasteiger partial charge in [0.1, 0.15) is 5.15 Å². The summed E-state index contributed by atoms with van der Waals surface area (Å²) >= 11 is 6.49. The predicted molar refractivity (Wildman–Crippen MR) is 88.3 cm³/mol. The van der Waals surface area contributed by atoms with Gasteiger partial charge in [-0.25, -0.2) is 4.68 Å². The maximum atomic E-state index is 11.8. The average Bonchev–Trinajstić information content (AvgIpc) is 2.76. The van der Waals surface area contributed by atoms with Gasteiger partial charge < -0.3 is 4.90 Å². The Morgan fingerprint density at radius 1 is 1.23 bits per heavy atom. The minimum absolute atomic E-state index is 0.0618. The largest absolute Gasteiger partial charge is 0.348 e.